The summed E-state index contributed by atoms with van der Waals surface area (Å²) in [6.07, 6.45) is 0.271. The molecule has 0 bridgehead atoms. The second-order valence-corrected chi connectivity index (χ2v) is 11.4. The molecule has 0 saturated heterocycles. The Morgan fingerprint density at radius 1 is 0.884 bits per heavy atom. The van der Waals surface area contributed by atoms with E-state index in [2.05, 4.69) is 15.1 Å². The maximum Gasteiger partial charge on any atom is 0.435 e. The van der Waals surface area contributed by atoms with Crippen molar-refractivity contribution in [3.8, 4) is 0 Å². The minimum absolute atomic E-state index is 0.0103. The van der Waals surface area contributed by atoms with Gasteiger partial charge in [-0.05, 0) is 35.2 Å². The van der Waals surface area contributed by atoms with Crippen molar-refractivity contribution in [3.63, 3.8) is 0 Å². The molecule has 4 aromatic rings. The van der Waals surface area contributed by atoms with Gasteiger partial charge in [0.2, 0.25) is 15.9 Å². The highest BCUT2D eigenvalue weighted by Gasteiger charge is 2.17. The Morgan fingerprint density at radius 2 is 1.51 bits per heavy atom. The summed E-state index contributed by atoms with van der Waals surface area (Å²) < 4.78 is 31.2. The summed E-state index contributed by atoms with van der Waals surface area (Å²) in [6.45, 7) is 1.92. The average molecular weight is 602 g/mol. The van der Waals surface area contributed by atoms with Crippen LogP contribution in [-0.4, -0.2) is 30.9 Å². The molecule has 0 saturated carbocycles. The van der Waals surface area contributed by atoms with Crippen LogP contribution in [0.3, 0.4) is 0 Å². The standard InChI is InChI=1S/C31H31N5O6S/c1-22-16-17-36(35-43(40,41)21-25-10-6-3-7-11-25)30(38)27(22)18-28(37)33-19-23-12-14-26(15-13-23)29(32)34-31(39)42-20-24-8-4-2-5-9-24/h2-17,35H,18-21H2,1H3,(H,33,37)(H2,32,34,39). The van der Waals surface area contributed by atoms with Crippen LogP contribution in [0.1, 0.15) is 33.4 Å². The van der Waals surface area contributed by atoms with E-state index in [1.54, 1.807) is 67.6 Å². The zero-order valence-corrected chi connectivity index (χ0v) is 24.2. The molecule has 0 unspecified atom stereocenters. The van der Waals surface area contributed by atoms with Crippen LogP contribution in [0.15, 0.2) is 107 Å². The molecule has 12 heteroatoms. The number of amidine groups is 1. The number of ether oxygens (including phenoxy) is 1. The van der Waals surface area contributed by atoms with Crippen molar-refractivity contribution >= 4 is 27.9 Å². The first-order valence-corrected chi connectivity index (χ1v) is 14.9. The second-order valence-electron chi connectivity index (χ2n) is 9.68. The molecule has 4 rings (SSSR count). The van der Waals surface area contributed by atoms with Crippen LogP contribution in [0.4, 0.5) is 4.79 Å². The highest BCUT2D eigenvalue weighted by atomic mass is 32.2. The number of sulfonamides is 1. The van der Waals surface area contributed by atoms with E-state index in [0.29, 0.717) is 16.7 Å². The highest BCUT2D eigenvalue weighted by molar-refractivity contribution is 7.91. The van der Waals surface area contributed by atoms with Crippen molar-refractivity contribution in [1.29, 1.82) is 0 Å². The van der Waals surface area contributed by atoms with Gasteiger partial charge in [0.05, 0.1) is 12.2 Å². The van der Waals surface area contributed by atoms with E-state index in [4.69, 9.17) is 10.5 Å². The normalized spacial score (nSPS) is 11.5. The number of carbonyl (C=O) groups excluding carboxylic acids is 2. The summed E-state index contributed by atoms with van der Waals surface area (Å²) in [4.78, 5) is 43.8. The minimum atomic E-state index is -3.88. The van der Waals surface area contributed by atoms with E-state index in [1.165, 1.54) is 6.20 Å². The van der Waals surface area contributed by atoms with Crippen molar-refractivity contribution in [2.24, 2.45) is 10.7 Å². The molecule has 1 aromatic heterocycles. The van der Waals surface area contributed by atoms with Gasteiger partial charge in [-0.1, -0.05) is 84.9 Å². The first kappa shape index (κ1) is 30.7. The van der Waals surface area contributed by atoms with E-state index >= 15 is 0 Å². The van der Waals surface area contributed by atoms with Gasteiger partial charge in [-0.2, -0.15) is 4.99 Å². The molecule has 0 fully saturated rings. The number of aryl methyl sites for hydroxylation is 1. The monoisotopic (exact) mass is 601 g/mol. The molecule has 0 atom stereocenters. The van der Waals surface area contributed by atoms with Gasteiger partial charge < -0.3 is 15.8 Å². The second kappa shape index (κ2) is 14.1. The molecule has 0 aliphatic heterocycles. The number of nitrogens with zero attached hydrogens (tertiary/aromatic N) is 2. The molecular weight excluding hydrogens is 570 g/mol. The first-order chi connectivity index (χ1) is 20.6. The number of nitrogens with two attached hydrogens (primary N) is 1. The lowest BCUT2D eigenvalue weighted by Crippen LogP contribution is -2.37. The van der Waals surface area contributed by atoms with E-state index in [1.807, 2.05) is 30.3 Å². The molecule has 0 spiro atoms. The topological polar surface area (TPSA) is 162 Å². The Kier molecular flexibility index (Phi) is 10.1. The van der Waals surface area contributed by atoms with Gasteiger partial charge in [-0.3, -0.25) is 9.59 Å². The summed E-state index contributed by atoms with van der Waals surface area (Å²) in [6, 6.07) is 26.1. The Hall–Kier alpha value is -5.23. The quantitative estimate of drug-likeness (QED) is 0.176. The number of amides is 2. The summed E-state index contributed by atoms with van der Waals surface area (Å²) in [5, 5.41) is 2.75. The molecule has 11 nitrogen and oxygen atoms in total. The Bertz CT molecular complexity index is 1770. The number of rotatable bonds is 11. The molecule has 1 heterocycles. The van der Waals surface area contributed by atoms with Crippen LogP contribution in [0.5, 0.6) is 0 Å². The third-order valence-electron chi connectivity index (χ3n) is 6.36. The van der Waals surface area contributed by atoms with Crippen molar-refractivity contribution in [2.75, 3.05) is 4.83 Å². The average Bonchev–Trinajstić information content (AvgIpc) is 2.99. The predicted molar refractivity (Wildman–Crippen MR) is 163 cm³/mol. The molecular formula is C31H31N5O6S. The van der Waals surface area contributed by atoms with Crippen LogP contribution in [0, 0.1) is 6.92 Å². The summed E-state index contributed by atoms with van der Waals surface area (Å²) in [5.41, 5.74) is 8.68. The SMILES string of the molecule is Cc1ccn(NS(=O)(=O)Cc2ccccc2)c(=O)c1CC(=O)NCc1ccc(C(N)=NC(=O)OCc2ccccc2)cc1. The summed E-state index contributed by atoms with van der Waals surface area (Å²) >= 11 is 0. The largest absolute Gasteiger partial charge is 0.443 e. The van der Waals surface area contributed by atoms with Crippen molar-refractivity contribution in [1.82, 2.24) is 9.99 Å². The first-order valence-electron chi connectivity index (χ1n) is 13.3. The molecule has 3 aromatic carbocycles. The van der Waals surface area contributed by atoms with Gasteiger partial charge in [-0.25, -0.2) is 22.7 Å². The van der Waals surface area contributed by atoms with E-state index in [0.717, 1.165) is 15.8 Å². The van der Waals surface area contributed by atoms with Crippen molar-refractivity contribution in [3.05, 3.63) is 141 Å². The lowest BCUT2D eigenvalue weighted by molar-refractivity contribution is -0.120. The fourth-order valence-corrected chi connectivity index (χ4v) is 5.20. The van der Waals surface area contributed by atoms with Gasteiger partial charge in [0.15, 0.2) is 0 Å². The number of hydrogen-bond acceptors (Lipinski definition) is 6. The molecule has 0 aliphatic rings. The predicted octanol–water partition coefficient (Wildman–Crippen LogP) is 3.13. The maximum absolute atomic E-state index is 13.0. The van der Waals surface area contributed by atoms with Crippen LogP contribution in [-0.2, 0) is 44.9 Å². The molecule has 43 heavy (non-hydrogen) atoms. The highest BCUT2D eigenvalue weighted by Crippen LogP contribution is 2.09. The fraction of sp³-hybridized carbons (Fsp3) is 0.161. The molecule has 4 N–H and O–H groups in total. The smallest absolute Gasteiger partial charge is 0.435 e. The lowest BCUT2D eigenvalue weighted by Gasteiger charge is -2.13. The van der Waals surface area contributed by atoms with E-state index < -0.39 is 27.6 Å². The van der Waals surface area contributed by atoms with Gasteiger partial charge in [0.1, 0.15) is 12.4 Å². The van der Waals surface area contributed by atoms with Gasteiger partial charge in [0.25, 0.3) is 5.56 Å². The minimum Gasteiger partial charge on any atom is -0.443 e. The van der Waals surface area contributed by atoms with E-state index in [9.17, 15) is 22.8 Å². The molecule has 222 valence electrons. The zero-order chi connectivity index (χ0) is 30.8. The Morgan fingerprint density at radius 3 is 2.16 bits per heavy atom. The van der Waals surface area contributed by atoms with Crippen LogP contribution >= 0.6 is 0 Å². The number of nitrogens with one attached hydrogen (secondary N) is 2. The molecule has 2 amide bonds. The maximum atomic E-state index is 13.0. The van der Waals surface area contributed by atoms with Crippen LogP contribution < -0.4 is 21.4 Å². The van der Waals surface area contributed by atoms with Gasteiger partial charge in [-0.15, -0.1) is 0 Å². The Labute approximate surface area is 249 Å². The fourth-order valence-electron chi connectivity index (χ4n) is 4.06. The number of benzene rings is 3. The van der Waals surface area contributed by atoms with Crippen molar-refractivity contribution < 1.29 is 22.7 Å². The number of carbonyl (C=O) groups is 2. The lowest BCUT2D eigenvalue weighted by atomic mass is 10.1. The molecule has 0 aliphatic carbocycles. The molecule has 0 radical (unpaired) electrons. The Balaban J connectivity index is 1.32. The third-order valence-corrected chi connectivity index (χ3v) is 7.55. The number of aromatic nitrogens is 1. The number of hydrogen-bond donors (Lipinski definition) is 3. The van der Waals surface area contributed by atoms with E-state index in [-0.39, 0.29) is 36.7 Å². The van der Waals surface area contributed by atoms with Gasteiger partial charge in [0, 0.05) is 23.9 Å². The van der Waals surface area contributed by atoms with Crippen LogP contribution in [0.25, 0.3) is 0 Å². The van der Waals surface area contributed by atoms with Crippen LogP contribution in [0.2, 0.25) is 0 Å². The summed E-state index contributed by atoms with van der Waals surface area (Å²) in [5.74, 6) is -0.737. The number of pyridine rings is 1. The zero-order valence-electron chi connectivity index (χ0n) is 23.4. The van der Waals surface area contributed by atoms with Gasteiger partial charge >= 0.3 is 6.09 Å². The number of aliphatic imine (C=N–C) groups is 1. The van der Waals surface area contributed by atoms with Crippen molar-refractivity contribution in [2.45, 2.75) is 32.2 Å². The third kappa shape index (κ3) is 9.13. The summed E-state index contributed by atoms with van der Waals surface area (Å²) in [7, 11) is -3.88.